The third kappa shape index (κ3) is 3.96. The molecule has 2 aliphatic rings. The van der Waals surface area contributed by atoms with E-state index in [2.05, 4.69) is 4.99 Å². The summed E-state index contributed by atoms with van der Waals surface area (Å²) in [6.45, 7) is 0.479. The summed E-state index contributed by atoms with van der Waals surface area (Å²) in [6.07, 6.45) is 0. The summed E-state index contributed by atoms with van der Waals surface area (Å²) in [6, 6.07) is 15.2. The highest BCUT2D eigenvalue weighted by molar-refractivity contribution is 8.14. The van der Waals surface area contributed by atoms with Gasteiger partial charge in [0, 0.05) is 5.75 Å². The number of anilines is 1. The average Bonchev–Trinajstić information content (AvgIpc) is 3.11. The van der Waals surface area contributed by atoms with E-state index in [1.807, 2.05) is 30.3 Å². The first-order chi connectivity index (χ1) is 13.0. The zero-order valence-electron chi connectivity index (χ0n) is 14.5. The molecule has 0 N–H and O–H groups in total. The predicted octanol–water partition coefficient (Wildman–Crippen LogP) is 2.98. The molecule has 0 saturated carbocycles. The number of thioether (sulfide) groups is 1. The van der Waals surface area contributed by atoms with Gasteiger partial charge in [-0.2, -0.15) is 0 Å². The molecular formula is C19H19FN2O3S2. The van der Waals surface area contributed by atoms with Crippen LogP contribution in [0.5, 0.6) is 5.75 Å². The zero-order chi connectivity index (χ0) is 18.9. The lowest BCUT2D eigenvalue weighted by atomic mass is 10.1. The van der Waals surface area contributed by atoms with E-state index in [1.54, 1.807) is 23.1 Å². The molecule has 27 heavy (non-hydrogen) atoms. The number of fused-ring (bicyclic) bond motifs is 1. The average molecular weight is 407 g/mol. The van der Waals surface area contributed by atoms with Gasteiger partial charge in [-0.3, -0.25) is 4.99 Å². The third-order valence-corrected chi connectivity index (χ3v) is 7.18. The summed E-state index contributed by atoms with van der Waals surface area (Å²) in [5.74, 6) is 1.06. The minimum Gasteiger partial charge on any atom is -0.493 e. The minimum absolute atomic E-state index is 0.0000757. The Morgan fingerprint density at radius 2 is 1.85 bits per heavy atom. The molecule has 0 unspecified atom stereocenters. The Balaban J connectivity index is 1.49. The first kappa shape index (κ1) is 18.3. The van der Waals surface area contributed by atoms with Crippen molar-refractivity contribution in [3.63, 3.8) is 0 Å². The molecule has 2 aromatic rings. The zero-order valence-corrected chi connectivity index (χ0v) is 16.1. The fraction of sp³-hybridized carbons (Fsp3) is 0.316. The Morgan fingerprint density at radius 1 is 1.11 bits per heavy atom. The van der Waals surface area contributed by atoms with Crippen LogP contribution in [0, 0.1) is 5.82 Å². The van der Waals surface area contributed by atoms with E-state index in [1.165, 1.54) is 17.8 Å². The molecule has 0 spiro atoms. The van der Waals surface area contributed by atoms with E-state index >= 15 is 0 Å². The number of para-hydroxylation sites is 2. The predicted molar refractivity (Wildman–Crippen MR) is 107 cm³/mol. The standard InChI is InChI=1S/C19H19FN2O3S2/c20-15-8-4-5-9-17(15)22-18-13-27(23,24)12-16(18)21-19(22)26-11-10-25-14-6-2-1-3-7-14/h1-9,16,18H,10-13H2/t16-,18-/m0/s1. The first-order valence-corrected chi connectivity index (χ1v) is 11.5. The molecule has 2 atom stereocenters. The minimum atomic E-state index is -3.15. The quantitative estimate of drug-likeness (QED) is 0.715. The Labute approximate surface area is 162 Å². The molecule has 2 aliphatic heterocycles. The van der Waals surface area contributed by atoms with Gasteiger partial charge in [0.2, 0.25) is 0 Å². The van der Waals surface area contributed by atoms with Crippen molar-refractivity contribution < 1.29 is 17.5 Å². The van der Waals surface area contributed by atoms with Crippen molar-refractivity contribution in [2.75, 3.05) is 28.8 Å². The highest BCUT2D eigenvalue weighted by atomic mass is 32.2. The van der Waals surface area contributed by atoms with Crippen LogP contribution in [-0.2, 0) is 9.84 Å². The van der Waals surface area contributed by atoms with Crippen LogP contribution < -0.4 is 9.64 Å². The molecule has 2 aromatic carbocycles. The Kier molecular flexibility index (Phi) is 5.10. The van der Waals surface area contributed by atoms with Crippen LogP contribution in [0.4, 0.5) is 10.1 Å². The lowest BCUT2D eigenvalue weighted by molar-refractivity contribution is 0.344. The van der Waals surface area contributed by atoms with Gasteiger partial charge in [-0.25, -0.2) is 12.8 Å². The Morgan fingerprint density at radius 3 is 2.63 bits per heavy atom. The number of hydrogen-bond donors (Lipinski definition) is 0. The van der Waals surface area contributed by atoms with Gasteiger partial charge in [0.1, 0.15) is 11.6 Å². The topological polar surface area (TPSA) is 59.0 Å². The summed E-state index contributed by atoms with van der Waals surface area (Å²) in [4.78, 5) is 6.34. The maximum Gasteiger partial charge on any atom is 0.164 e. The van der Waals surface area contributed by atoms with Crippen molar-refractivity contribution >= 4 is 32.5 Å². The second kappa shape index (κ2) is 7.52. The van der Waals surface area contributed by atoms with Crippen molar-refractivity contribution in [2.45, 2.75) is 12.1 Å². The van der Waals surface area contributed by atoms with Crippen molar-refractivity contribution in [2.24, 2.45) is 4.99 Å². The molecular weight excluding hydrogens is 387 g/mol. The number of halogens is 1. The molecule has 142 valence electrons. The summed E-state index contributed by atoms with van der Waals surface area (Å²) in [5, 5.41) is 0.654. The number of rotatable bonds is 5. The van der Waals surface area contributed by atoms with Crippen molar-refractivity contribution in [1.29, 1.82) is 0 Å². The third-order valence-electron chi connectivity index (χ3n) is 4.55. The molecule has 5 nitrogen and oxygen atoms in total. The lowest BCUT2D eigenvalue weighted by Crippen LogP contribution is -2.39. The van der Waals surface area contributed by atoms with E-state index in [9.17, 15) is 12.8 Å². The van der Waals surface area contributed by atoms with E-state index < -0.39 is 9.84 Å². The second-order valence-electron chi connectivity index (χ2n) is 6.45. The molecule has 2 heterocycles. The summed E-state index contributed by atoms with van der Waals surface area (Å²) in [7, 11) is -3.15. The molecule has 1 fully saturated rings. The SMILES string of the molecule is O=S1(=O)C[C@@H]2N=C(SCCOc3ccccc3)N(c3ccccc3F)[C@H]2C1. The summed E-state index contributed by atoms with van der Waals surface area (Å²) < 4.78 is 44.1. The number of aliphatic imine (C=N–C) groups is 1. The fourth-order valence-electron chi connectivity index (χ4n) is 3.37. The summed E-state index contributed by atoms with van der Waals surface area (Å²) in [5.41, 5.74) is 0.373. The van der Waals surface area contributed by atoms with Gasteiger partial charge in [0.05, 0.1) is 35.9 Å². The fourth-order valence-corrected chi connectivity index (χ4v) is 6.15. The molecule has 4 rings (SSSR count). The Bertz CT molecular complexity index is 950. The molecule has 0 amide bonds. The van der Waals surface area contributed by atoms with Crippen LogP contribution in [0.25, 0.3) is 0 Å². The van der Waals surface area contributed by atoms with E-state index in [-0.39, 0.29) is 29.4 Å². The molecule has 8 heteroatoms. The van der Waals surface area contributed by atoms with Gasteiger partial charge in [0.25, 0.3) is 0 Å². The molecule has 1 saturated heterocycles. The normalized spacial score (nSPS) is 23.1. The van der Waals surface area contributed by atoms with Gasteiger partial charge < -0.3 is 9.64 Å². The molecule has 0 aliphatic carbocycles. The van der Waals surface area contributed by atoms with E-state index in [0.717, 1.165) is 5.75 Å². The number of nitrogens with zero attached hydrogens (tertiary/aromatic N) is 2. The number of ether oxygens (including phenoxy) is 1. The van der Waals surface area contributed by atoms with Crippen LogP contribution in [0.1, 0.15) is 0 Å². The van der Waals surface area contributed by atoms with Crippen molar-refractivity contribution in [3.8, 4) is 5.75 Å². The smallest absolute Gasteiger partial charge is 0.164 e. The summed E-state index contributed by atoms with van der Waals surface area (Å²) >= 11 is 1.46. The van der Waals surface area contributed by atoms with E-state index in [0.29, 0.717) is 23.2 Å². The van der Waals surface area contributed by atoms with Crippen LogP contribution in [0.3, 0.4) is 0 Å². The van der Waals surface area contributed by atoms with Crippen LogP contribution in [0.2, 0.25) is 0 Å². The monoisotopic (exact) mass is 406 g/mol. The number of sulfone groups is 1. The first-order valence-electron chi connectivity index (χ1n) is 8.66. The van der Waals surface area contributed by atoms with Crippen LogP contribution >= 0.6 is 11.8 Å². The second-order valence-corrected chi connectivity index (χ2v) is 9.67. The van der Waals surface area contributed by atoms with Crippen LogP contribution in [0.15, 0.2) is 59.6 Å². The van der Waals surface area contributed by atoms with E-state index in [4.69, 9.17) is 4.74 Å². The maximum absolute atomic E-state index is 14.4. The molecule has 0 aromatic heterocycles. The lowest BCUT2D eigenvalue weighted by Gasteiger charge is -2.26. The number of hydrogen-bond acceptors (Lipinski definition) is 6. The van der Waals surface area contributed by atoms with Gasteiger partial charge in [0.15, 0.2) is 15.0 Å². The van der Waals surface area contributed by atoms with Gasteiger partial charge in [-0.1, -0.05) is 42.1 Å². The van der Waals surface area contributed by atoms with Crippen LogP contribution in [-0.4, -0.2) is 49.5 Å². The number of amidine groups is 1. The Hall–Kier alpha value is -2.06. The molecule has 0 radical (unpaired) electrons. The number of benzene rings is 2. The van der Waals surface area contributed by atoms with Crippen molar-refractivity contribution in [1.82, 2.24) is 0 Å². The van der Waals surface area contributed by atoms with Gasteiger partial charge >= 0.3 is 0 Å². The molecule has 0 bridgehead atoms. The highest BCUT2D eigenvalue weighted by Crippen LogP contribution is 2.36. The maximum atomic E-state index is 14.4. The van der Waals surface area contributed by atoms with Gasteiger partial charge in [-0.15, -0.1) is 0 Å². The van der Waals surface area contributed by atoms with Crippen molar-refractivity contribution in [3.05, 3.63) is 60.4 Å². The highest BCUT2D eigenvalue weighted by Gasteiger charge is 2.47. The largest absolute Gasteiger partial charge is 0.493 e. The van der Waals surface area contributed by atoms with Gasteiger partial charge in [-0.05, 0) is 24.3 Å².